The highest BCUT2D eigenvalue weighted by atomic mass is 16.6. The van der Waals surface area contributed by atoms with Crippen molar-refractivity contribution in [2.75, 3.05) is 5.73 Å². The molecule has 0 saturated heterocycles. The van der Waals surface area contributed by atoms with Crippen LogP contribution in [-0.2, 0) is 16.0 Å². The topological polar surface area (TPSA) is 69.4 Å². The lowest BCUT2D eigenvalue weighted by atomic mass is 9.82. The number of nitrogen functional groups attached to an aromatic ring is 1. The molecule has 0 saturated carbocycles. The summed E-state index contributed by atoms with van der Waals surface area (Å²) in [5.41, 5.74) is 7.29. The third-order valence-corrected chi connectivity index (χ3v) is 3.10. The maximum atomic E-state index is 12.3. The number of fused-ring (bicyclic) bond motifs is 1. The van der Waals surface area contributed by atoms with Crippen molar-refractivity contribution in [2.45, 2.75) is 39.2 Å². The number of esters is 1. The minimum absolute atomic E-state index is 0.157. The SMILES string of the molecule is CC(C)(C)OC(=O)C1CCc2cc(N)ccc2C1=O. The van der Waals surface area contributed by atoms with Crippen LogP contribution in [0.15, 0.2) is 18.2 Å². The Bertz CT molecular complexity index is 529. The van der Waals surface area contributed by atoms with E-state index in [9.17, 15) is 9.59 Å². The lowest BCUT2D eigenvalue weighted by Gasteiger charge is -2.26. The highest BCUT2D eigenvalue weighted by Crippen LogP contribution is 2.28. The largest absolute Gasteiger partial charge is 0.459 e. The van der Waals surface area contributed by atoms with Gasteiger partial charge in [0.2, 0.25) is 0 Å². The molecule has 1 aliphatic rings. The number of rotatable bonds is 1. The summed E-state index contributed by atoms with van der Waals surface area (Å²) in [6.45, 7) is 5.40. The van der Waals surface area contributed by atoms with Crippen molar-refractivity contribution in [1.29, 1.82) is 0 Å². The van der Waals surface area contributed by atoms with E-state index in [1.165, 1.54) is 0 Å². The van der Waals surface area contributed by atoms with Crippen LogP contribution in [0.5, 0.6) is 0 Å². The van der Waals surface area contributed by atoms with Gasteiger partial charge in [-0.05, 0) is 57.4 Å². The van der Waals surface area contributed by atoms with Gasteiger partial charge in [0.05, 0.1) is 0 Å². The van der Waals surface area contributed by atoms with Gasteiger partial charge in [-0.3, -0.25) is 9.59 Å². The summed E-state index contributed by atoms with van der Waals surface area (Å²) in [6, 6.07) is 5.19. The van der Waals surface area contributed by atoms with E-state index >= 15 is 0 Å². The number of ketones is 1. The van der Waals surface area contributed by atoms with E-state index < -0.39 is 17.5 Å². The Morgan fingerprint density at radius 1 is 1.37 bits per heavy atom. The van der Waals surface area contributed by atoms with Gasteiger partial charge in [0.15, 0.2) is 5.78 Å². The summed E-state index contributed by atoms with van der Waals surface area (Å²) >= 11 is 0. The zero-order valence-electron chi connectivity index (χ0n) is 11.5. The van der Waals surface area contributed by atoms with Crippen LogP contribution in [0.3, 0.4) is 0 Å². The van der Waals surface area contributed by atoms with Crippen molar-refractivity contribution in [2.24, 2.45) is 5.92 Å². The molecule has 2 rings (SSSR count). The fraction of sp³-hybridized carbons (Fsp3) is 0.467. The second-order valence-electron chi connectivity index (χ2n) is 5.91. The molecule has 4 heteroatoms. The number of benzene rings is 1. The predicted octanol–water partition coefficient (Wildman–Crippen LogP) is 2.36. The molecule has 2 N–H and O–H groups in total. The molecule has 0 aliphatic heterocycles. The molecule has 0 bridgehead atoms. The van der Waals surface area contributed by atoms with Crippen LogP contribution in [0.4, 0.5) is 5.69 Å². The molecule has 0 radical (unpaired) electrons. The highest BCUT2D eigenvalue weighted by Gasteiger charge is 2.35. The van der Waals surface area contributed by atoms with Crippen LogP contribution in [0, 0.1) is 5.92 Å². The smallest absolute Gasteiger partial charge is 0.317 e. The molecule has 1 aromatic rings. The Kier molecular flexibility index (Phi) is 3.35. The molecule has 1 atom stereocenters. The van der Waals surface area contributed by atoms with Crippen LogP contribution >= 0.6 is 0 Å². The van der Waals surface area contributed by atoms with Crippen LogP contribution in [0.1, 0.15) is 43.1 Å². The number of Topliss-reactive ketones (excluding diaryl/α,β-unsaturated/α-hetero) is 1. The number of carbonyl (C=O) groups excluding carboxylic acids is 2. The molecule has 1 aliphatic carbocycles. The molecule has 0 fully saturated rings. The van der Waals surface area contributed by atoms with Crippen molar-refractivity contribution in [3.63, 3.8) is 0 Å². The fourth-order valence-corrected chi connectivity index (χ4v) is 2.28. The Morgan fingerprint density at radius 2 is 2.05 bits per heavy atom. The first-order valence-corrected chi connectivity index (χ1v) is 6.43. The van der Waals surface area contributed by atoms with Gasteiger partial charge in [-0.15, -0.1) is 0 Å². The van der Waals surface area contributed by atoms with Gasteiger partial charge >= 0.3 is 5.97 Å². The van der Waals surface area contributed by atoms with Gasteiger partial charge in [0.1, 0.15) is 11.5 Å². The number of anilines is 1. The van der Waals surface area contributed by atoms with Crippen molar-refractivity contribution >= 4 is 17.4 Å². The monoisotopic (exact) mass is 261 g/mol. The number of hydrogen-bond acceptors (Lipinski definition) is 4. The van der Waals surface area contributed by atoms with Gasteiger partial charge in [0, 0.05) is 11.3 Å². The maximum absolute atomic E-state index is 12.3. The van der Waals surface area contributed by atoms with Gasteiger partial charge in [-0.25, -0.2) is 0 Å². The second kappa shape index (κ2) is 4.68. The lowest BCUT2D eigenvalue weighted by molar-refractivity contribution is -0.158. The first-order chi connectivity index (χ1) is 8.78. The predicted molar refractivity (Wildman–Crippen MR) is 72.8 cm³/mol. The lowest BCUT2D eigenvalue weighted by Crippen LogP contribution is -2.35. The molecule has 1 aromatic carbocycles. The first kappa shape index (κ1) is 13.6. The van der Waals surface area contributed by atoms with Gasteiger partial charge < -0.3 is 10.5 Å². The van der Waals surface area contributed by atoms with Crippen LogP contribution in [-0.4, -0.2) is 17.4 Å². The van der Waals surface area contributed by atoms with Crippen molar-refractivity contribution in [1.82, 2.24) is 0 Å². The van der Waals surface area contributed by atoms with E-state index in [4.69, 9.17) is 10.5 Å². The number of hydrogen-bond donors (Lipinski definition) is 1. The van der Waals surface area contributed by atoms with E-state index in [0.717, 1.165) is 5.56 Å². The number of aryl methyl sites for hydroxylation is 1. The maximum Gasteiger partial charge on any atom is 0.317 e. The average molecular weight is 261 g/mol. The normalized spacial score (nSPS) is 18.9. The summed E-state index contributed by atoms with van der Waals surface area (Å²) in [5, 5.41) is 0. The van der Waals surface area contributed by atoms with Crippen LogP contribution in [0.25, 0.3) is 0 Å². The van der Waals surface area contributed by atoms with E-state index in [1.54, 1.807) is 39.0 Å². The van der Waals surface area contributed by atoms with Gasteiger partial charge in [0.25, 0.3) is 0 Å². The Labute approximate surface area is 112 Å². The molecular weight excluding hydrogens is 242 g/mol. The number of ether oxygens (including phenoxy) is 1. The van der Waals surface area contributed by atoms with Crippen LogP contribution in [0.2, 0.25) is 0 Å². The molecule has 4 nitrogen and oxygen atoms in total. The third kappa shape index (κ3) is 2.95. The third-order valence-electron chi connectivity index (χ3n) is 3.10. The standard InChI is InChI=1S/C15H19NO3/c1-15(2,3)19-14(18)12-6-4-9-8-10(16)5-7-11(9)13(12)17/h5,7-8,12H,4,6,16H2,1-3H3. The Morgan fingerprint density at radius 3 is 2.68 bits per heavy atom. The Balaban J connectivity index is 2.22. The molecule has 0 heterocycles. The Hall–Kier alpha value is -1.84. The molecule has 102 valence electrons. The zero-order valence-corrected chi connectivity index (χ0v) is 11.5. The number of nitrogens with two attached hydrogens (primary N) is 1. The minimum atomic E-state index is -0.685. The molecule has 0 spiro atoms. The quantitative estimate of drug-likeness (QED) is 0.478. The van der Waals surface area contributed by atoms with Crippen molar-refractivity contribution < 1.29 is 14.3 Å². The van der Waals surface area contributed by atoms with Crippen molar-refractivity contribution in [3.8, 4) is 0 Å². The molecule has 0 aromatic heterocycles. The van der Waals surface area contributed by atoms with E-state index in [2.05, 4.69) is 0 Å². The van der Waals surface area contributed by atoms with Crippen LogP contribution < -0.4 is 5.73 Å². The summed E-state index contributed by atoms with van der Waals surface area (Å²) in [7, 11) is 0. The van der Waals surface area contributed by atoms with E-state index in [-0.39, 0.29) is 5.78 Å². The summed E-state index contributed by atoms with van der Waals surface area (Å²) in [5.74, 6) is -1.27. The van der Waals surface area contributed by atoms with Gasteiger partial charge in [-0.1, -0.05) is 0 Å². The summed E-state index contributed by atoms with van der Waals surface area (Å²) in [6.07, 6.45) is 1.17. The van der Waals surface area contributed by atoms with Crippen molar-refractivity contribution in [3.05, 3.63) is 29.3 Å². The molecule has 19 heavy (non-hydrogen) atoms. The molecule has 0 amide bonds. The second-order valence-corrected chi connectivity index (χ2v) is 5.91. The first-order valence-electron chi connectivity index (χ1n) is 6.43. The average Bonchev–Trinajstić information content (AvgIpc) is 2.26. The highest BCUT2D eigenvalue weighted by molar-refractivity contribution is 6.10. The molecular formula is C15H19NO3. The van der Waals surface area contributed by atoms with E-state index in [0.29, 0.717) is 24.1 Å². The minimum Gasteiger partial charge on any atom is -0.459 e. The van der Waals surface area contributed by atoms with Gasteiger partial charge in [-0.2, -0.15) is 0 Å². The molecule has 1 unspecified atom stereocenters. The zero-order chi connectivity index (χ0) is 14.2. The fourth-order valence-electron chi connectivity index (χ4n) is 2.28. The number of carbonyl (C=O) groups is 2. The van der Waals surface area contributed by atoms with E-state index in [1.807, 2.05) is 0 Å². The summed E-state index contributed by atoms with van der Waals surface area (Å²) in [4.78, 5) is 24.3. The summed E-state index contributed by atoms with van der Waals surface area (Å²) < 4.78 is 5.30.